The second-order valence-corrected chi connectivity index (χ2v) is 6.28. The minimum atomic E-state index is -0.254. The molecular formula is C18H19ClFN. The van der Waals surface area contributed by atoms with E-state index in [0.29, 0.717) is 17.4 Å². The zero-order valence-corrected chi connectivity index (χ0v) is 12.6. The zero-order valence-electron chi connectivity index (χ0n) is 11.9. The Morgan fingerprint density at radius 3 is 2.76 bits per heavy atom. The summed E-state index contributed by atoms with van der Waals surface area (Å²) in [7, 11) is 0. The summed E-state index contributed by atoms with van der Waals surface area (Å²) in [5.74, 6) is 0.176. The predicted molar refractivity (Wildman–Crippen MR) is 85.0 cm³/mol. The summed E-state index contributed by atoms with van der Waals surface area (Å²) in [5.41, 5.74) is 10.0. The highest BCUT2D eigenvalue weighted by atomic mass is 35.5. The fourth-order valence-electron chi connectivity index (χ4n) is 3.21. The average Bonchev–Trinajstić information content (AvgIpc) is 2.50. The van der Waals surface area contributed by atoms with Crippen molar-refractivity contribution in [3.8, 4) is 0 Å². The molecule has 2 aromatic rings. The molecule has 2 atom stereocenters. The molecule has 0 aliphatic heterocycles. The Balaban J connectivity index is 1.72. The highest BCUT2D eigenvalue weighted by Crippen LogP contribution is 2.29. The van der Waals surface area contributed by atoms with Gasteiger partial charge in [0.25, 0.3) is 0 Å². The topological polar surface area (TPSA) is 26.0 Å². The van der Waals surface area contributed by atoms with Gasteiger partial charge < -0.3 is 5.73 Å². The van der Waals surface area contributed by atoms with Gasteiger partial charge in [0.1, 0.15) is 5.82 Å². The monoisotopic (exact) mass is 303 g/mol. The van der Waals surface area contributed by atoms with E-state index in [2.05, 4.69) is 24.3 Å². The van der Waals surface area contributed by atoms with Crippen LogP contribution in [0.5, 0.6) is 0 Å². The van der Waals surface area contributed by atoms with Gasteiger partial charge in [0.05, 0.1) is 0 Å². The normalized spacial score (nSPS) is 19.1. The fraction of sp³-hybridized carbons (Fsp3) is 0.333. The van der Waals surface area contributed by atoms with Crippen molar-refractivity contribution < 1.29 is 4.39 Å². The van der Waals surface area contributed by atoms with Crippen molar-refractivity contribution in [1.82, 2.24) is 0 Å². The highest BCUT2D eigenvalue weighted by molar-refractivity contribution is 6.31. The van der Waals surface area contributed by atoms with Gasteiger partial charge in [-0.3, -0.25) is 0 Å². The smallest absolute Gasteiger partial charge is 0.123 e. The Kier molecular flexibility index (Phi) is 4.27. The average molecular weight is 304 g/mol. The molecule has 0 saturated carbocycles. The molecule has 0 radical (unpaired) electrons. The lowest BCUT2D eigenvalue weighted by molar-refractivity contribution is 0.372. The van der Waals surface area contributed by atoms with Crippen LogP contribution < -0.4 is 5.73 Å². The van der Waals surface area contributed by atoms with E-state index < -0.39 is 0 Å². The molecule has 3 rings (SSSR count). The van der Waals surface area contributed by atoms with E-state index >= 15 is 0 Å². The Hall–Kier alpha value is -1.38. The molecule has 0 heterocycles. The van der Waals surface area contributed by atoms with Gasteiger partial charge in [0.2, 0.25) is 0 Å². The standard InChI is InChI=1S/C18H19ClFN/c19-17-8-7-16(20)10-15(17)11-18(21)14-6-5-12-3-1-2-4-13(12)9-14/h1-4,7-8,10,14,18H,5-6,9,11,21H2. The zero-order chi connectivity index (χ0) is 14.8. The SMILES string of the molecule is NC(Cc1cc(F)ccc1Cl)C1CCc2ccccc2C1. The fourth-order valence-corrected chi connectivity index (χ4v) is 3.41. The number of hydrogen-bond donors (Lipinski definition) is 1. The third-order valence-corrected chi connectivity index (χ3v) is 4.82. The number of hydrogen-bond acceptors (Lipinski definition) is 1. The van der Waals surface area contributed by atoms with E-state index in [1.165, 1.54) is 23.3 Å². The summed E-state index contributed by atoms with van der Waals surface area (Å²) in [6.07, 6.45) is 3.80. The van der Waals surface area contributed by atoms with Crippen LogP contribution in [0.25, 0.3) is 0 Å². The number of benzene rings is 2. The number of halogens is 2. The van der Waals surface area contributed by atoms with E-state index in [4.69, 9.17) is 17.3 Å². The first kappa shape index (κ1) is 14.6. The lowest BCUT2D eigenvalue weighted by Gasteiger charge is -2.29. The maximum Gasteiger partial charge on any atom is 0.123 e. The van der Waals surface area contributed by atoms with E-state index in [1.807, 2.05) is 0 Å². The molecule has 1 nitrogen and oxygen atoms in total. The Morgan fingerprint density at radius 2 is 1.95 bits per heavy atom. The molecule has 0 saturated heterocycles. The van der Waals surface area contributed by atoms with Crippen molar-refractivity contribution in [3.05, 3.63) is 70.0 Å². The summed E-state index contributed by atoms with van der Waals surface area (Å²) in [5, 5.41) is 0.600. The van der Waals surface area contributed by atoms with Gasteiger partial charge in [-0.1, -0.05) is 35.9 Å². The van der Waals surface area contributed by atoms with Crippen molar-refractivity contribution in [2.45, 2.75) is 31.7 Å². The second kappa shape index (κ2) is 6.17. The second-order valence-electron chi connectivity index (χ2n) is 5.88. The summed E-state index contributed by atoms with van der Waals surface area (Å²) in [6.45, 7) is 0. The quantitative estimate of drug-likeness (QED) is 0.905. The molecule has 0 aromatic heterocycles. The third-order valence-electron chi connectivity index (χ3n) is 4.45. The van der Waals surface area contributed by atoms with Crippen LogP contribution in [-0.4, -0.2) is 6.04 Å². The minimum Gasteiger partial charge on any atom is -0.327 e. The molecule has 0 bridgehead atoms. The lowest BCUT2D eigenvalue weighted by Crippen LogP contribution is -2.36. The van der Waals surface area contributed by atoms with Gasteiger partial charge in [0, 0.05) is 11.1 Å². The van der Waals surface area contributed by atoms with Crippen molar-refractivity contribution in [2.24, 2.45) is 11.7 Å². The molecule has 0 fully saturated rings. The van der Waals surface area contributed by atoms with E-state index in [0.717, 1.165) is 24.8 Å². The van der Waals surface area contributed by atoms with Gasteiger partial charge in [-0.15, -0.1) is 0 Å². The van der Waals surface area contributed by atoms with E-state index in [9.17, 15) is 4.39 Å². The Labute approximate surface area is 129 Å². The van der Waals surface area contributed by atoms with Crippen LogP contribution in [-0.2, 0) is 19.3 Å². The molecular weight excluding hydrogens is 285 g/mol. The lowest BCUT2D eigenvalue weighted by atomic mass is 9.79. The molecule has 0 spiro atoms. The van der Waals surface area contributed by atoms with Crippen LogP contribution in [0.4, 0.5) is 4.39 Å². The third kappa shape index (κ3) is 3.28. The molecule has 21 heavy (non-hydrogen) atoms. The van der Waals surface area contributed by atoms with Crippen LogP contribution in [0.15, 0.2) is 42.5 Å². The van der Waals surface area contributed by atoms with Crippen molar-refractivity contribution in [1.29, 1.82) is 0 Å². The molecule has 110 valence electrons. The summed E-state index contributed by atoms with van der Waals surface area (Å²) in [6, 6.07) is 13.0. The first-order valence-corrected chi connectivity index (χ1v) is 7.77. The van der Waals surface area contributed by atoms with Gasteiger partial charge in [-0.2, -0.15) is 0 Å². The Morgan fingerprint density at radius 1 is 1.19 bits per heavy atom. The number of nitrogens with two attached hydrogens (primary N) is 1. The van der Waals surface area contributed by atoms with Gasteiger partial charge in [-0.05, 0) is 66.5 Å². The summed E-state index contributed by atoms with van der Waals surface area (Å²) in [4.78, 5) is 0. The van der Waals surface area contributed by atoms with Crippen LogP contribution in [0, 0.1) is 11.7 Å². The maximum absolute atomic E-state index is 13.3. The van der Waals surface area contributed by atoms with Crippen LogP contribution in [0.2, 0.25) is 5.02 Å². The summed E-state index contributed by atoms with van der Waals surface area (Å²) >= 11 is 6.14. The van der Waals surface area contributed by atoms with Crippen LogP contribution >= 0.6 is 11.6 Å². The minimum absolute atomic E-state index is 0.0117. The van der Waals surface area contributed by atoms with Crippen LogP contribution in [0.3, 0.4) is 0 Å². The largest absolute Gasteiger partial charge is 0.327 e. The van der Waals surface area contributed by atoms with Gasteiger partial charge in [0.15, 0.2) is 0 Å². The van der Waals surface area contributed by atoms with E-state index in [1.54, 1.807) is 6.07 Å². The van der Waals surface area contributed by atoms with Crippen molar-refractivity contribution in [3.63, 3.8) is 0 Å². The first-order chi connectivity index (χ1) is 10.1. The molecule has 1 aliphatic carbocycles. The molecule has 2 unspecified atom stereocenters. The number of fused-ring (bicyclic) bond motifs is 1. The maximum atomic E-state index is 13.3. The first-order valence-electron chi connectivity index (χ1n) is 7.40. The van der Waals surface area contributed by atoms with Crippen LogP contribution in [0.1, 0.15) is 23.1 Å². The molecule has 1 aliphatic rings. The van der Waals surface area contributed by atoms with Crippen molar-refractivity contribution >= 4 is 11.6 Å². The Bertz CT molecular complexity index is 641. The number of aryl methyl sites for hydroxylation is 1. The predicted octanol–water partition coefficient (Wildman–Crippen LogP) is 4.15. The number of rotatable bonds is 3. The van der Waals surface area contributed by atoms with Gasteiger partial charge in [-0.25, -0.2) is 4.39 Å². The summed E-state index contributed by atoms with van der Waals surface area (Å²) < 4.78 is 13.3. The van der Waals surface area contributed by atoms with Gasteiger partial charge >= 0.3 is 0 Å². The molecule has 2 aromatic carbocycles. The molecule has 3 heteroatoms. The van der Waals surface area contributed by atoms with E-state index in [-0.39, 0.29) is 11.9 Å². The molecule has 2 N–H and O–H groups in total. The van der Waals surface area contributed by atoms with Crippen molar-refractivity contribution in [2.75, 3.05) is 0 Å². The highest BCUT2D eigenvalue weighted by Gasteiger charge is 2.24. The molecule has 0 amide bonds.